The molecule has 1 aromatic heterocycles. The fourth-order valence-corrected chi connectivity index (χ4v) is 2.99. The zero-order valence-corrected chi connectivity index (χ0v) is 10.8. The lowest BCUT2D eigenvalue weighted by molar-refractivity contribution is 0.410. The number of likely N-dealkylation sites (N-methyl/N-ethyl adjacent to an activating group) is 2. The molecule has 17 heavy (non-hydrogen) atoms. The van der Waals surface area contributed by atoms with Gasteiger partial charge in [-0.2, -0.15) is 0 Å². The van der Waals surface area contributed by atoms with Crippen molar-refractivity contribution in [3.8, 4) is 0 Å². The SMILES string of the molecule is CNCC1(c2ncc(C3CCN(C)C3)[nH]2)CC1. The van der Waals surface area contributed by atoms with Crippen molar-refractivity contribution in [2.75, 3.05) is 33.7 Å². The molecule has 3 rings (SSSR count). The summed E-state index contributed by atoms with van der Waals surface area (Å²) in [5, 5.41) is 3.29. The highest BCUT2D eigenvalue weighted by atomic mass is 15.1. The summed E-state index contributed by atoms with van der Waals surface area (Å²) in [5.74, 6) is 1.86. The highest BCUT2D eigenvalue weighted by molar-refractivity contribution is 5.23. The van der Waals surface area contributed by atoms with E-state index in [1.807, 2.05) is 7.05 Å². The number of hydrogen-bond donors (Lipinski definition) is 2. The van der Waals surface area contributed by atoms with Crippen LogP contribution in [0.15, 0.2) is 6.20 Å². The van der Waals surface area contributed by atoms with Gasteiger partial charge in [-0.15, -0.1) is 0 Å². The van der Waals surface area contributed by atoms with Gasteiger partial charge >= 0.3 is 0 Å². The van der Waals surface area contributed by atoms with Crippen LogP contribution in [0, 0.1) is 0 Å². The maximum atomic E-state index is 4.62. The number of hydrogen-bond acceptors (Lipinski definition) is 3. The van der Waals surface area contributed by atoms with Gasteiger partial charge in [0.2, 0.25) is 0 Å². The minimum Gasteiger partial charge on any atom is -0.345 e. The minimum absolute atomic E-state index is 0.317. The van der Waals surface area contributed by atoms with Crippen LogP contribution in [0.4, 0.5) is 0 Å². The van der Waals surface area contributed by atoms with E-state index in [2.05, 4.69) is 33.4 Å². The van der Waals surface area contributed by atoms with Crippen molar-refractivity contribution < 1.29 is 0 Å². The van der Waals surface area contributed by atoms with Crippen LogP contribution in [-0.4, -0.2) is 48.6 Å². The molecule has 1 atom stereocenters. The lowest BCUT2D eigenvalue weighted by Crippen LogP contribution is -2.24. The highest BCUT2D eigenvalue weighted by Gasteiger charge is 2.46. The first-order valence-corrected chi connectivity index (χ1v) is 6.62. The summed E-state index contributed by atoms with van der Waals surface area (Å²) in [5.41, 5.74) is 1.66. The van der Waals surface area contributed by atoms with Crippen LogP contribution in [0.3, 0.4) is 0 Å². The predicted octanol–water partition coefficient (Wildman–Crippen LogP) is 1.08. The van der Waals surface area contributed by atoms with E-state index in [9.17, 15) is 0 Å². The Morgan fingerprint density at radius 1 is 1.59 bits per heavy atom. The Labute approximate surface area is 103 Å². The number of nitrogens with one attached hydrogen (secondary N) is 2. The van der Waals surface area contributed by atoms with Crippen molar-refractivity contribution in [2.45, 2.75) is 30.6 Å². The predicted molar refractivity (Wildman–Crippen MR) is 68.3 cm³/mol. The molecular formula is C13H22N4. The Kier molecular flexibility index (Phi) is 2.71. The summed E-state index contributed by atoms with van der Waals surface area (Å²) in [6.45, 7) is 3.42. The second kappa shape index (κ2) is 4.10. The van der Waals surface area contributed by atoms with Crippen molar-refractivity contribution in [2.24, 2.45) is 0 Å². The van der Waals surface area contributed by atoms with Gasteiger partial charge in [0.05, 0.1) is 0 Å². The molecule has 0 radical (unpaired) electrons. The van der Waals surface area contributed by atoms with Crippen LogP contribution in [0.5, 0.6) is 0 Å². The zero-order chi connectivity index (χ0) is 11.9. The third-order valence-corrected chi connectivity index (χ3v) is 4.30. The summed E-state index contributed by atoms with van der Waals surface area (Å²) in [4.78, 5) is 10.6. The van der Waals surface area contributed by atoms with E-state index in [1.165, 1.54) is 43.9 Å². The Balaban J connectivity index is 1.74. The van der Waals surface area contributed by atoms with Gasteiger partial charge < -0.3 is 15.2 Å². The fourth-order valence-electron chi connectivity index (χ4n) is 2.99. The quantitative estimate of drug-likeness (QED) is 0.819. The van der Waals surface area contributed by atoms with Crippen molar-refractivity contribution in [3.05, 3.63) is 17.7 Å². The molecule has 4 heteroatoms. The first-order chi connectivity index (χ1) is 8.23. The molecule has 94 valence electrons. The van der Waals surface area contributed by atoms with Crippen molar-refractivity contribution in [3.63, 3.8) is 0 Å². The molecule has 1 aromatic rings. The first kappa shape index (κ1) is 11.2. The molecule has 0 aromatic carbocycles. The van der Waals surface area contributed by atoms with Gasteiger partial charge in [0.15, 0.2) is 0 Å². The Hall–Kier alpha value is -0.870. The van der Waals surface area contributed by atoms with Crippen molar-refractivity contribution in [1.29, 1.82) is 0 Å². The maximum Gasteiger partial charge on any atom is 0.113 e. The summed E-state index contributed by atoms with van der Waals surface area (Å²) < 4.78 is 0. The Morgan fingerprint density at radius 2 is 2.41 bits per heavy atom. The number of aromatic nitrogens is 2. The molecule has 1 aliphatic heterocycles. The molecule has 1 unspecified atom stereocenters. The van der Waals surface area contributed by atoms with Gasteiger partial charge in [-0.25, -0.2) is 4.98 Å². The molecule has 2 N–H and O–H groups in total. The van der Waals surface area contributed by atoms with Crippen LogP contribution < -0.4 is 5.32 Å². The van der Waals surface area contributed by atoms with Gasteiger partial charge in [-0.1, -0.05) is 0 Å². The number of aromatic amines is 1. The average Bonchev–Trinajstić information content (AvgIpc) is 2.79. The third kappa shape index (κ3) is 2.00. The standard InChI is InChI=1S/C13H22N4/c1-14-9-13(4-5-13)12-15-7-11(16-12)10-3-6-17(2)8-10/h7,10,14H,3-6,8-9H2,1-2H3,(H,15,16). The van der Waals surface area contributed by atoms with Crippen LogP contribution in [0.1, 0.15) is 36.7 Å². The summed E-state index contributed by atoms with van der Waals surface area (Å²) >= 11 is 0. The summed E-state index contributed by atoms with van der Waals surface area (Å²) in [7, 11) is 4.22. The van der Waals surface area contributed by atoms with Crippen LogP contribution in [-0.2, 0) is 5.41 Å². The van der Waals surface area contributed by atoms with Crippen molar-refractivity contribution >= 4 is 0 Å². The lowest BCUT2D eigenvalue weighted by atomic mass is 10.1. The van der Waals surface area contributed by atoms with Gasteiger partial charge in [0.1, 0.15) is 5.82 Å². The molecule has 2 heterocycles. The molecule has 0 amide bonds. The molecule has 2 fully saturated rings. The van der Waals surface area contributed by atoms with E-state index in [0.29, 0.717) is 11.3 Å². The van der Waals surface area contributed by atoms with E-state index >= 15 is 0 Å². The smallest absolute Gasteiger partial charge is 0.113 e. The topological polar surface area (TPSA) is 44.0 Å². The van der Waals surface area contributed by atoms with E-state index in [0.717, 1.165) is 6.54 Å². The molecule has 1 aliphatic carbocycles. The second-order valence-electron chi connectivity index (χ2n) is 5.75. The van der Waals surface area contributed by atoms with Gasteiger partial charge in [-0.3, -0.25) is 0 Å². The number of nitrogens with zero attached hydrogens (tertiary/aromatic N) is 2. The number of imidazole rings is 1. The molecule has 2 aliphatic rings. The third-order valence-electron chi connectivity index (χ3n) is 4.30. The number of rotatable bonds is 4. The summed E-state index contributed by atoms with van der Waals surface area (Å²) in [6.07, 6.45) is 5.86. The number of likely N-dealkylation sites (tertiary alicyclic amines) is 1. The average molecular weight is 234 g/mol. The normalized spacial score (nSPS) is 27.5. The maximum absolute atomic E-state index is 4.62. The molecule has 0 bridgehead atoms. The van der Waals surface area contributed by atoms with Crippen LogP contribution >= 0.6 is 0 Å². The second-order valence-corrected chi connectivity index (χ2v) is 5.75. The molecule has 4 nitrogen and oxygen atoms in total. The van der Waals surface area contributed by atoms with E-state index in [4.69, 9.17) is 0 Å². The first-order valence-electron chi connectivity index (χ1n) is 6.62. The zero-order valence-electron chi connectivity index (χ0n) is 10.8. The van der Waals surface area contributed by atoms with E-state index in [1.54, 1.807) is 0 Å². The summed E-state index contributed by atoms with van der Waals surface area (Å²) in [6, 6.07) is 0. The highest BCUT2D eigenvalue weighted by Crippen LogP contribution is 2.46. The molecule has 0 spiro atoms. The number of H-pyrrole nitrogens is 1. The molecule has 1 saturated carbocycles. The van der Waals surface area contributed by atoms with Crippen molar-refractivity contribution in [1.82, 2.24) is 20.2 Å². The molecule has 1 saturated heterocycles. The Morgan fingerprint density at radius 3 is 3.00 bits per heavy atom. The van der Waals surface area contributed by atoms with Gasteiger partial charge in [0, 0.05) is 36.3 Å². The van der Waals surface area contributed by atoms with E-state index < -0.39 is 0 Å². The van der Waals surface area contributed by atoms with Gasteiger partial charge in [0.25, 0.3) is 0 Å². The van der Waals surface area contributed by atoms with Crippen LogP contribution in [0.25, 0.3) is 0 Å². The van der Waals surface area contributed by atoms with Gasteiger partial charge in [-0.05, 0) is 39.9 Å². The van der Waals surface area contributed by atoms with Crippen LogP contribution in [0.2, 0.25) is 0 Å². The fraction of sp³-hybridized carbons (Fsp3) is 0.769. The minimum atomic E-state index is 0.317. The monoisotopic (exact) mass is 234 g/mol. The lowest BCUT2D eigenvalue weighted by Gasteiger charge is -2.12. The van der Waals surface area contributed by atoms with E-state index in [-0.39, 0.29) is 0 Å². The Bertz CT molecular complexity index is 394. The molecular weight excluding hydrogens is 212 g/mol. The largest absolute Gasteiger partial charge is 0.345 e.